The van der Waals surface area contributed by atoms with Crippen molar-refractivity contribution in [2.45, 2.75) is 13.0 Å². The summed E-state index contributed by atoms with van der Waals surface area (Å²) in [6.45, 7) is 7.28. The Morgan fingerprint density at radius 1 is 0.818 bits per heavy atom. The third kappa shape index (κ3) is 6.88. The Hall–Kier alpha value is -3.21. The van der Waals surface area contributed by atoms with E-state index in [2.05, 4.69) is 87.9 Å². The number of hydrogen-bond donors (Lipinski definition) is 1. The Labute approximate surface area is 197 Å². The molecule has 170 valence electrons. The summed E-state index contributed by atoms with van der Waals surface area (Å²) in [4.78, 5) is 17.3. The number of amides is 1. The zero-order valence-electron chi connectivity index (χ0n) is 19.4. The highest BCUT2D eigenvalue weighted by atomic mass is 16.2. The van der Waals surface area contributed by atoms with Gasteiger partial charge in [-0.15, -0.1) is 0 Å². The molecule has 1 aliphatic heterocycles. The van der Waals surface area contributed by atoms with Crippen LogP contribution >= 0.6 is 0 Å². The van der Waals surface area contributed by atoms with Gasteiger partial charge in [0.05, 0.1) is 12.6 Å². The molecule has 0 radical (unpaired) electrons. The monoisotopic (exact) mass is 439 g/mol. The van der Waals surface area contributed by atoms with E-state index in [1.54, 1.807) is 0 Å². The van der Waals surface area contributed by atoms with Gasteiger partial charge < -0.3 is 5.32 Å². The molecule has 1 N–H and O–H groups in total. The van der Waals surface area contributed by atoms with Gasteiger partial charge in [-0.05, 0) is 29.2 Å². The Bertz CT molecular complexity index is 1020. The molecule has 0 spiro atoms. The highest BCUT2D eigenvalue weighted by Crippen LogP contribution is 2.21. The van der Waals surface area contributed by atoms with Crippen LogP contribution in [0.3, 0.4) is 0 Å². The largest absolute Gasteiger partial charge is 0.348 e. The van der Waals surface area contributed by atoms with Gasteiger partial charge in [0.25, 0.3) is 0 Å². The van der Waals surface area contributed by atoms with Gasteiger partial charge in [-0.1, -0.05) is 97.1 Å². The molecule has 1 fully saturated rings. The minimum atomic E-state index is -0.00765. The fourth-order valence-corrected chi connectivity index (χ4v) is 4.20. The second-order valence-electron chi connectivity index (χ2n) is 8.67. The summed E-state index contributed by atoms with van der Waals surface area (Å²) in [5.41, 5.74) is 4.75. The Morgan fingerprint density at radius 2 is 1.39 bits per heavy atom. The summed E-state index contributed by atoms with van der Waals surface area (Å²) in [5.74, 6) is 0.0899. The van der Waals surface area contributed by atoms with Crippen LogP contribution in [0, 0.1) is 0 Å². The molecule has 3 aromatic rings. The summed E-state index contributed by atoms with van der Waals surface area (Å²) in [6.07, 6.45) is 4.40. The van der Waals surface area contributed by atoms with Crippen molar-refractivity contribution >= 4 is 12.0 Å². The van der Waals surface area contributed by atoms with Crippen molar-refractivity contribution in [3.05, 3.63) is 102 Å². The highest BCUT2D eigenvalue weighted by Gasteiger charge is 2.19. The van der Waals surface area contributed by atoms with E-state index in [0.717, 1.165) is 38.3 Å². The second-order valence-corrected chi connectivity index (χ2v) is 8.67. The van der Waals surface area contributed by atoms with Gasteiger partial charge >= 0.3 is 0 Å². The predicted octanol–water partition coefficient (Wildman–Crippen LogP) is 4.86. The van der Waals surface area contributed by atoms with Crippen molar-refractivity contribution in [1.82, 2.24) is 15.1 Å². The van der Waals surface area contributed by atoms with Gasteiger partial charge in [-0.2, -0.15) is 0 Å². The van der Waals surface area contributed by atoms with E-state index < -0.39 is 0 Å². The summed E-state index contributed by atoms with van der Waals surface area (Å²) < 4.78 is 0. The van der Waals surface area contributed by atoms with Gasteiger partial charge in [0.15, 0.2) is 0 Å². The van der Waals surface area contributed by atoms with Crippen molar-refractivity contribution in [1.29, 1.82) is 0 Å². The number of carbonyl (C=O) groups excluding carboxylic acids is 1. The maximum atomic E-state index is 12.6. The van der Waals surface area contributed by atoms with Crippen LogP contribution in [0.5, 0.6) is 0 Å². The van der Waals surface area contributed by atoms with Crippen LogP contribution in [0.15, 0.2) is 91.0 Å². The number of nitrogens with zero attached hydrogens (tertiary/aromatic N) is 2. The van der Waals surface area contributed by atoms with E-state index in [1.165, 1.54) is 16.7 Å². The Kier molecular flexibility index (Phi) is 8.07. The molecule has 0 aromatic heterocycles. The van der Waals surface area contributed by atoms with Crippen molar-refractivity contribution in [3.8, 4) is 11.1 Å². The van der Waals surface area contributed by atoms with Gasteiger partial charge in [-0.25, -0.2) is 0 Å². The lowest BCUT2D eigenvalue weighted by Gasteiger charge is -2.33. The van der Waals surface area contributed by atoms with Crippen LogP contribution in [0.25, 0.3) is 17.2 Å². The number of piperazine rings is 1. The molecule has 33 heavy (non-hydrogen) atoms. The van der Waals surface area contributed by atoms with Crippen LogP contribution in [-0.2, 0) is 4.79 Å². The molecule has 1 aliphatic rings. The van der Waals surface area contributed by atoms with Crippen LogP contribution in [0.2, 0.25) is 0 Å². The molecule has 1 saturated heterocycles. The van der Waals surface area contributed by atoms with Gasteiger partial charge in [0.1, 0.15) is 0 Å². The lowest BCUT2D eigenvalue weighted by atomic mass is 10.0. The van der Waals surface area contributed by atoms with E-state index in [1.807, 2.05) is 31.2 Å². The summed E-state index contributed by atoms with van der Waals surface area (Å²) in [7, 11) is 0. The molecule has 1 atom stereocenters. The maximum Gasteiger partial charge on any atom is 0.234 e. The van der Waals surface area contributed by atoms with Crippen molar-refractivity contribution in [3.63, 3.8) is 0 Å². The van der Waals surface area contributed by atoms with Gasteiger partial charge in [-0.3, -0.25) is 14.6 Å². The van der Waals surface area contributed by atoms with E-state index in [-0.39, 0.29) is 11.9 Å². The molecule has 0 bridgehead atoms. The Balaban J connectivity index is 1.19. The molecule has 4 rings (SSSR count). The Morgan fingerprint density at radius 3 is 2.06 bits per heavy atom. The first-order valence-corrected chi connectivity index (χ1v) is 11.8. The van der Waals surface area contributed by atoms with Crippen LogP contribution in [-0.4, -0.2) is 55.0 Å². The first-order chi connectivity index (χ1) is 16.2. The summed E-state index contributed by atoms with van der Waals surface area (Å²) in [5, 5.41) is 3.16. The smallest absolute Gasteiger partial charge is 0.234 e. The fourth-order valence-electron chi connectivity index (χ4n) is 4.20. The van der Waals surface area contributed by atoms with Crippen molar-refractivity contribution < 1.29 is 4.79 Å². The zero-order chi connectivity index (χ0) is 22.9. The van der Waals surface area contributed by atoms with E-state index >= 15 is 0 Å². The average Bonchev–Trinajstić information content (AvgIpc) is 2.86. The first-order valence-electron chi connectivity index (χ1n) is 11.8. The van der Waals surface area contributed by atoms with Crippen LogP contribution in [0.4, 0.5) is 0 Å². The minimum absolute atomic E-state index is 0.00765. The van der Waals surface area contributed by atoms with Crippen LogP contribution in [0.1, 0.15) is 24.1 Å². The predicted molar refractivity (Wildman–Crippen MR) is 137 cm³/mol. The highest BCUT2D eigenvalue weighted by molar-refractivity contribution is 5.78. The normalized spacial score (nSPS) is 16.0. The minimum Gasteiger partial charge on any atom is -0.348 e. The second kappa shape index (κ2) is 11.6. The summed E-state index contributed by atoms with van der Waals surface area (Å²) >= 11 is 0. The fraction of sp³-hybridized carbons (Fsp3) is 0.276. The molecule has 4 nitrogen and oxygen atoms in total. The average molecular weight is 440 g/mol. The topological polar surface area (TPSA) is 35.6 Å². The molecule has 4 heteroatoms. The lowest BCUT2D eigenvalue weighted by molar-refractivity contribution is -0.123. The maximum absolute atomic E-state index is 12.6. The molecule has 1 unspecified atom stereocenters. The molecule has 0 aliphatic carbocycles. The lowest BCUT2D eigenvalue weighted by Crippen LogP contribution is -2.49. The molecule has 1 amide bonds. The van der Waals surface area contributed by atoms with E-state index in [9.17, 15) is 4.79 Å². The quantitative estimate of drug-likeness (QED) is 0.544. The third-order valence-corrected chi connectivity index (χ3v) is 6.20. The van der Waals surface area contributed by atoms with Crippen LogP contribution < -0.4 is 5.32 Å². The third-order valence-electron chi connectivity index (χ3n) is 6.20. The zero-order valence-corrected chi connectivity index (χ0v) is 19.4. The van der Waals surface area contributed by atoms with Gasteiger partial charge in [0.2, 0.25) is 5.91 Å². The molecule has 0 saturated carbocycles. The number of nitrogens with one attached hydrogen (secondary N) is 1. The number of benzene rings is 3. The van der Waals surface area contributed by atoms with E-state index in [0.29, 0.717) is 6.54 Å². The summed E-state index contributed by atoms with van der Waals surface area (Å²) in [6, 6.07) is 29.2. The van der Waals surface area contributed by atoms with Crippen molar-refractivity contribution in [2.24, 2.45) is 0 Å². The number of carbonyl (C=O) groups is 1. The van der Waals surface area contributed by atoms with E-state index in [4.69, 9.17) is 0 Å². The molecule has 1 heterocycles. The molecular formula is C29H33N3O. The molecule has 3 aromatic carbocycles. The van der Waals surface area contributed by atoms with Crippen molar-refractivity contribution in [2.75, 3.05) is 39.3 Å². The molecular weight excluding hydrogens is 406 g/mol. The van der Waals surface area contributed by atoms with Gasteiger partial charge in [0, 0.05) is 32.7 Å². The first kappa shape index (κ1) is 23.0. The SMILES string of the molecule is CC(NC(=O)CN1CCN(C/C=C/c2ccccc2)CC1)c1ccc(-c2ccccc2)cc1. The standard InChI is InChI=1S/C29H33N3O/c1-24(26-14-16-28(17-15-26)27-12-6-3-7-13-27)30-29(33)23-32-21-19-31(20-22-32)18-8-11-25-9-4-2-5-10-25/h2-17,24H,18-23H2,1H3,(H,30,33)/b11-8+. The number of rotatable bonds is 8. The number of hydrogen-bond acceptors (Lipinski definition) is 3.